The summed E-state index contributed by atoms with van der Waals surface area (Å²) in [6.07, 6.45) is 0.147. The van der Waals surface area contributed by atoms with Crippen LogP contribution in [0.2, 0.25) is 0 Å². The van der Waals surface area contributed by atoms with Crippen LogP contribution < -0.4 is 11.1 Å². The molecule has 0 spiro atoms. The summed E-state index contributed by atoms with van der Waals surface area (Å²) in [5.41, 5.74) is 8.40. The zero-order valence-corrected chi connectivity index (χ0v) is 11.6. The van der Waals surface area contributed by atoms with Crippen LogP contribution in [0, 0.1) is 0 Å². The van der Waals surface area contributed by atoms with Crippen LogP contribution >= 0.6 is 0 Å². The van der Waals surface area contributed by atoms with Gasteiger partial charge in [-0.1, -0.05) is 60.7 Å². The molecule has 2 atom stereocenters. The third-order valence-corrected chi connectivity index (χ3v) is 3.33. The highest BCUT2D eigenvalue weighted by atomic mass is 16.3. The van der Waals surface area contributed by atoms with Crippen molar-refractivity contribution in [3.8, 4) is 0 Å². The van der Waals surface area contributed by atoms with Crippen molar-refractivity contribution in [2.75, 3.05) is 6.54 Å². The summed E-state index contributed by atoms with van der Waals surface area (Å²) in [4.78, 5) is 0. The molecule has 0 saturated heterocycles. The second kappa shape index (κ2) is 7.80. The minimum absolute atomic E-state index is 0.249. The van der Waals surface area contributed by atoms with Crippen molar-refractivity contribution in [2.45, 2.75) is 25.1 Å². The van der Waals surface area contributed by atoms with E-state index in [9.17, 15) is 5.11 Å². The lowest BCUT2D eigenvalue weighted by molar-refractivity contribution is 0.141. The summed E-state index contributed by atoms with van der Waals surface area (Å²) in [5, 5.41) is 13.3. The van der Waals surface area contributed by atoms with E-state index in [1.807, 2.05) is 48.5 Å². The predicted octanol–water partition coefficient (Wildman–Crippen LogP) is 1.71. The van der Waals surface area contributed by atoms with Gasteiger partial charge in [-0.15, -0.1) is 0 Å². The fourth-order valence-electron chi connectivity index (χ4n) is 2.13. The monoisotopic (exact) mass is 270 g/mol. The summed E-state index contributed by atoms with van der Waals surface area (Å²) in [6, 6.07) is 19.9. The first-order valence-electron chi connectivity index (χ1n) is 6.98. The molecule has 0 fully saturated rings. The first-order valence-corrected chi connectivity index (χ1v) is 6.98. The minimum Gasteiger partial charge on any atom is -0.390 e. The van der Waals surface area contributed by atoms with Crippen molar-refractivity contribution < 1.29 is 5.11 Å². The zero-order valence-electron chi connectivity index (χ0n) is 11.6. The Balaban J connectivity index is 1.73. The van der Waals surface area contributed by atoms with Crippen LogP contribution in [0.15, 0.2) is 60.7 Å². The molecule has 0 aliphatic rings. The smallest absolute Gasteiger partial charge is 0.0818 e. The second-order valence-corrected chi connectivity index (χ2v) is 5.04. The Morgan fingerprint density at radius 2 is 1.45 bits per heavy atom. The second-order valence-electron chi connectivity index (χ2n) is 5.04. The topological polar surface area (TPSA) is 58.3 Å². The zero-order chi connectivity index (χ0) is 14.2. The van der Waals surface area contributed by atoms with Crippen molar-refractivity contribution in [3.63, 3.8) is 0 Å². The molecular weight excluding hydrogens is 248 g/mol. The van der Waals surface area contributed by atoms with Crippen molar-refractivity contribution >= 4 is 0 Å². The van der Waals surface area contributed by atoms with Crippen molar-refractivity contribution in [1.29, 1.82) is 0 Å². The van der Waals surface area contributed by atoms with Crippen LogP contribution in [-0.4, -0.2) is 23.8 Å². The number of hydrogen-bond acceptors (Lipinski definition) is 3. The quantitative estimate of drug-likeness (QED) is 0.718. The number of nitrogens with one attached hydrogen (secondary N) is 1. The molecule has 0 amide bonds. The third kappa shape index (κ3) is 4.78. The maximum atomic E-state index is 10.1. The molecule has 0 aliphatic heterocycles. The van der Waals surface area contributed by atoms with Gasteiger partial charge in [0.25, 0.3) is 0 Å². The maximum Gasteiger partial charge on any atom is 0.0818 e. The Kier molecular flexibility index (Phi) is 5.74. The molecule has 3 heteroatoms. The molecule has 0 radical (unpaired) electrons. The molecule has 1 unspecified atom stereocenters. The highest BCUT2D eigenvalue weighted by molar-refractivity contribution is 5.16. The van der Waals surface area contributed by atoms with E-state index in [2.05, 4.69) is 17.4 Å². The van der Waals surface area contributed by atoms with Gasteiger partial charge in [-0.3, -0.25) is 0 Å². The maximum absolute atomic E-state index is 10.1. The summed E-state index contributed by atoms with van der Waals surface area (Å²) < 4.78 is 0. The molecule has 0 saturated carbocycles. The van der Waals surface area contributed by atoms with Crippen LogP contribution in [0.4, 0.5) is 0 Å². The Bertz CT molecular complexity index is 487. The first-order chi connectivity index (χ1) is 9.75. The van der Waals surface area contributed by atoms with Gasteiger partial charge in [-0.25, -0.2) is 0 Å². The largest absolute Gasteiger partial charge is 0.390 e. The molecule has 3 nitrogen and oxygen atoms in total. The van der Waals surface area contributed by atoms with Gasteiger partial charge in [-0.05, 0) is 17.5 Å². The highest BCUT2D eigenvalue weighted by Crippen LogP contribution is 2.04. The number of aliphatic hydroxyl groups is 1. The standard InChI is InChI=1S/C17H22N2O/c18-16(11-14-7-3-1-4-8-14)17(20)13-19-12-15-9-5-2-6-10-15/h1-10,16-17,19-20H,11-13,18H2/t16?,17-/m1/s1. The minimum atomic E-state index is -0.543. The number of aliphatic hydroxyl groups excluding tert-OH is 1. The molecule has 0 bridgehead atoms. The van der Waals surface area contributed by atoms with E-state index in [1.165, 1.54) is 5.56 Å². The molecule has 2 aromatic carbocycles. The summed E-state index contributed by atoms with van der Waals surface area (Å²) in [7, 11) is 0. The Hall–Kier alpha value is -1.68. The fourth-order valence-corrected chi connectivity index (χ4v) is 2.13. The van der Waals surface area contributed by atoms with E-state index in [-0.39, 0.29) is 6.04 Å². The third-order valence-electron chi connectivity index (χ3n) is 3.33. The molecular formula is C17H22N2O. The van der Waals surface area contributed by atoms with E-state index in [0.717, 1.165) is 12.1 Å². The van der Waals surface area contributed by atoms with E-state index >= 15 is 0 Å². The Morgan fingerprint density at radius 1 is 0.900 bits per heavy atom. The van der Waals surface area contributed by atoms with Crippen LogP contribution in [-0.2, 0) is 13.0 Å². The molecule has 0 aromatic heterocycles. The van der Waals surface area contributed by atoms with E-state index in [4.69, 9.17) is 5.73 Å². The molecule has 2 aromatic rings. The molecule has 0 heterocycles. The van der Waals surface area contributed by atoms with Crippen LogP contribution in [0.3, 0.4) is 0 Å². The van der Waals surface area contributed by atoms with Crippen LogP contribution in [0.25, 0.3) is 0 Å². The molecule has 4 N–H and O–H groups in total. The summed E-state index contributed by atoms with van der Waals surface area (Å²) in [5.74, 6) is 0. The summed E-state index contributed by atoms with van der Waals surface area (Å²) >= 11 is 0. The van der Waals surface area contributed by atoms with Gasteiger partial charge in [0.15, 0.2) is 0 Å². The van der Waals surface area contributed by atoms with Gasteiger partial charge >= 0.3 is 0 Å². The Morgan fingerprint density at radius 3 is 2.05 bits per heavy atom. The van der Waals surface area contributed by atoms with Gasteiger partial charge in [0, 0.05) is 19.1 Å². The normalized spacial score (nSPS) is 13.9. The van der Waals surface area contributed by atoms with Crippen molar-refractivity contribution in [1.82, 2.24) is 5.32 Å². The molecule has 106 valence electrons. The lowest BCUT2D eigenvalue weighted by Crippen LogP contribution is -2.42. The molecule has 20 heavy (non-hydrogen) atoms. The van der Waals surface area contributed by atoms with Crippen LogP contribution in [0.5, 0.6) is 0 Å². The number of benzene rings is 2. The van der Waals surface area contributed by atoms with E-state index < -0.39 is 6.10 Å². The highest BCUT2D eigenvalue weighted by Gasteiger charge is 2.14. The number of rotatable bonds is 7. The Labute approximate surface area is 120 Å². The lowest BCUT2D eigenvalue weighted by Gasteiger charge is -2.19. The van der Waals surface area contributed by atoms with Crippen molar-refractivity contribution in [3.05, 3.63) is 71.8 Å². The fraction of sp³-hybridized carbons (Fsp3) is 0.294. The SMILES string of the molecule is NC(Cc1ccccc1)[C@H](O)CNCc1ccccc1. The van der Waals surface area contributed by atoms with Gasteiger partial charge in [0.2, 0.25) is 0 Å². The average Bonchev–Trinajstić information content (AvgIpc) is 2.49. The molecule has 0 aliphatic carbocycles. The van der Waals surface area contributed by atoms with E-state index in [0.29, 0.717) is 13.0 Å². The first kappa shape index (κ1) is 14.7. The predicted molar refractivity (Wildman–Crippen MR) is 82.3 cm³/mol. The number of hydrogen-bond donors (Lipinski definition) is 3. The van der Waals surface area contributed by atoms with Crippen molar-refractivity contribution in [2.24, 2.45) is 5.73 Å². The lowest BCUT2D eigenvalue weighted by atomic mass is 10.0. The molecule has 2 rings (SSSR count). The number of nitrogens with two attached hydrogens (primary N) is 1. The van der Waals surface area contributed by atoms with Gasteiger partial charge in [0.1, 0.15) is 0 Å². The van der Waals surface area contributed by atoms with Gasteiger partial charge in [-0.2, -0.15) is 0 Å². The average molecular weight is 270 g/mol. The van der Waals surface area contributed by atoms with Crippen LogP contribution in [0.1, 0.15) is 11.1 Å². The van der Waals surface area contributed by atoms with Gasteiger partial charge in [0.05, 0.1) is 6.10 Å². The van der Waals surface area contributed by atoms with Gasteiger partial charge < -0.3 is 16.2 Å². The van der Waals surface area contributed by atoms with E-state index in [1.54, 1.807) is 0 Å². The summed E-state index contributed by atoms with van der Waals surface area (Å²) in [6.45, 7) is 1.25.